The molecule has 1 saturated heterocycles. The first-order valence-corrected chi connectivity index (χ1v) is 8.50. The first kappa shape index (κ1) is 17.1. The molecule has 2 rings (SSSR count). The van der Waals surface area contributed by atoms with Crippen LogP contribution in [0.1, 0.15) is 31.2 Å². The molecule has 0 radical (unpaired) electrons. The number of likely N-dealkylation sites (tertiary alicyclic amines) is 1. The van der Waals surface area contributed by atoms with Crippen molar-refractivity contribution in [1.29, 1.82) is 0 Å². The molecule has 1 aromatic rings. The molecule has 1 N–H and O–H groups in total. The van der Waals surface area contributed by atoms with Gasteiger partial charge in [0, 0.05) is 18.0 Å². The molecule has 1 aliphatic rings. The van der Waals surface area contributed by atoms with Gasteiger partial charge in [-0.15, -0.1) is 11.3 Å². The van der Waals surface area contributed by atoms with Crippen LogP contribution in [0, 0.1) is 11.8 Å². The molecule has 0 aromatic carbocycles. The summed E-state index contributed by atoms with van der Waals surface area (Å²) >= 11 is 7.38. The van der Waals surface area contributed by atoms with E-state index in [1.807, 2.05) is 26.0 Å². The summed E-state index contributed by atoms with van der Waals surface area (Å²) in [5.74, 6) is -0.213. The first-order chi connectivity index (χ1) is 10.4. The third kappa shape index (κ3) is 3.93. The van der Waals surface area contributed by atoms with E-state index < -0.39 is 0 Å². The largest absolute Gasteiger partial charge is 0.469 e. The lowest BCUT2D eigenvalue weighted by Gasteiger charge is -2.36. The highest BCUT2D eigenvalue weighted by Gasteiger charge is 2.34. The summed E-state index contributed by atoms with van der Waals surface area (Å²) in [4.78, 5) is 26.8. The number of amides is 2. The van der Waals surface area contributed by atoms with E-state index in [1.165, 1.54) is 18.4 Å². The van der Waals surface area contributed by atoms with Crippen molar-refractivity contribution in [2.24, 2.45) is 11.8 Å². The number of hydrogen-bond acceptors (Lipinski definition) is 4. The molecule has 5 nitrogen and oxygen atoms in total. The van der Waals surface area contributed by atoms with Gasteiger partial charge in [-0.1, -0.05) is 18.5 Å². The van der Waals surface area contributed by atoms with E-state index in [0.717, 1.165) is 4.88 Å². The highest BCUT2D eigenvalue weighted by atomic mass is 35.5. The maximum absolute atomic E-state index is 12.4. The highest BCUT2D eigenvalue weighted by molar-refractivity contribution is 7.16. The predicted octanol–water partition coefficient (Wildman–Crippen LogP) is 3.30. The smallest absolute Gasteiger partial charge is 0.317 e. The van der Waals surface area contributed by atoms with Crippen LogP contribution < -0.4 is 5.32 Å². The van der Waals surface area contributed by atoms with Crippen molar-refractivity contribution in [1.82, 2.24) is 10.2 Å². The number of urea groups is 1. The molecule has 0 bridgehead atoms. The van der Waals surface area contributed by atoms with Crippen molar-refractivity contribution >= 4 is 34.9 Å². The first-order valence-electron chi connectivity index (χ1n) is 7.31. The zero-order chi connectivity index (χ0) is 16.3. The molecule has 1 aliphatic heterocycles. The fourth-order valence-corrected chi connectivity index (χ4v) is 3.80. The number of nitrogens with one attached hydrogen (secondary N) is 1. The van der Waals surface area contributed by atoms with Crippen LogP contribution in [-0.4, -0.2) is 37.1 Å². The molecular weight excluding hydrogens is 324 g/mol. The molecule has 0 unspecified atom stereocenters. The van der Waals surface area contributed by atoms with Crippen LogP contribution in [0.25, 0.3) is 0 Å². The van der Waals surface area contributed by atoms with Gasteiger partial charge in [0.25, 0.3) is 0 Å². The lowest BCUT2D eigenvalue weighted by molar-refractivity contribution is -0.148. The lowest BCUT2D eigenvalue weighted by atomic mass is 9.87. The minimum absolute atomic E-state index is 0.0846. The van der Waals surface area contributed by atoms with E-state index in [1.54, 1.807) is 4.90 Å². The minimum Gasteiger partial charge on any atom is -0.469 e. The Morgan fingerprint density at radius 1 is 1.50 bits per heavy atom. The van der Waals surface area contributed by atoms with Gasteiger partial charge >= 0.3 is 12.0 Å². The Morgan fingerprint density at radius 2 is 2.23 bits per heavy atom. The van der Waals surface area contributed by atoms with Crippen molar-refractivity contribution in [2.75, 3.05) is 20.2 Å². The number of nitrogens with zero attached hydrogens (tertiary/aromatic N) is 1. The molecule has 2 amide bonds. The summed E-state index contributed by atoms with van der Waals surface area (Å²) in [5.41, 5.74) is 0. The summed E-state index contributed by atoms with van der Waals surface area (Å²) < 4.78 is 5.52. The molecule has 1 aromatic heterocycles. The Morgan fingerprint density at radius 3 is 2.77 bits per heavy atom. The third-order valence-electron chi connectivity index (χ3n) is 4.06. The number of thiophene rings is 1. The molecule has 0 aliphatic carbocycles. The van der Waals surface area contributed by atoms with Crippen LogP contribution in [0.2, 0.25) is 4.34 Å². The van der Waals surface area contributed by atoms with Crippen molar-refractivity contribution in [3.05, 3.63) is 21.3 Å². The van der Waals surface area contributed by atoms with E-state index in [9.17, 15) is 9.59 Å². The Kier molecular flexibility index (Phi) is 5.69. The summed E-state index contributed by atoms with van der Waals surface area (Å²) in [5, 5.41) is 2.98. The van der Waals surface area contributed by atoms with Crippen LogP contribution in [0.5, 0.6) is 0 Å². The number of ether oxygens (including phenoxy) is 1. The Balaban J connectivity index is 1.90. The molecule has 7 heteroatoms. The van der Waals surface area contributed by atoms with Crippen molar-refractivity contribution in [3.63, 3.8) is 0 Å². The number of rotatable bonds is 3. The predicted molar refractivity (Wildman–Crippen MR) is 87.1 cm³/mol. The number of halogens is 1. The van der Waals surface area contributed by atoms with Gasteiger partial charge in [0.05, 0.1) is 23.4 Å². The Hall–Kier alpha value is -1.27. The van der Waals surface area contributed by atoms with Gasteiger partial charge in [-0.3, -0.25) is 4.79 Å². The quantitative estimate of drug-likeness (QED) is 0.856. The summed E-state index contributed by atoms with van der Waals surface area (Å²) in [6.07, 6.45) is 0.639. The zero-order valence-corrected chi connectivity index (χ0v) is 14.5. The van der Waals surface area contributed by atoms with Crippen molar-refractivity contribution in [2.45, 2.75) is 26.3 Å². The van der Waals surface area contributed by atoms with Gasteiger partial charge in [-0.25, -0.2) is 4.79 Å². The van der Waals surface area contributed by atoms with Crippen LogP contribution >= 0.6 is 22.9 Å². The van der Waals surface area contributed by atoms with E-state index >= 15 is 0 Å². The molecular formula is C15H21ClN2O3S. The normalized spacial score (nSPS) is 23.0. The van der Waals surface area contributed by atoms with E-state index in [4.69, 9.17) is 16.3 Å². The van der Waals surface area contributed by atoms with E-state index in [2.05, 4.69) is 5.32 Å². The van der Waals surface area contributed by atoms with E-state index in [-0.39, 0.29) is 29.9 Å². The average Bonchev–Trinajstić information content (AvgIpc) is 2.93. The van der Waals surface area contributed by atoms with E-state index in [0.29, 0.717) is 23.8 Å². The lowest BCUT2D eigenvalue weighted by Crippen LogP contribution is -2.49. The van der Waals surface area contributed by atoms with Crippen LogP contribution in [0.15, 0.2) is 12.1 Å². The standard InChI is InChI=1S/C15H21ClN2O3S/c1-9-8-18(7-6-11(9)14(19)21-3)15(20)17-10(2)12-4-5-13(16)22-12/h4-5,9-11H,6-8H2,1-3H3,(H,17,20)/t9-,10+,11+/m0/s1. The molecule has 3 atom stereocenters. The number of hydrogen-bond donors (Lipinski definition) is 1. The number of methoxy groups -OCH3 is 1. The number of carbonyl (C=O) groups excluding carboxylic acids is 2. The van der Waals surface area contributed by atoms with Gasteiger partial charge in [-0.05, 0) is 31.4 Å². The molecule has 2 heterocycles. The Labute approximate surface area is 139 Å². The monoisotopic (exact) mass is 344 g/mol. The Bertz CT molecular complexity index is 549. The maximum Gasteiger partial charge on any atom is 0.317 e. The van der Waals surface area contributed by atoms with Crippen LogP contribution in [0.4, 0.5) is 4.79 Å². The molecule has 122 valence electrons. The van der Waals surface area contributed by atoms with Crippen LogP contribution in [-0.2, 0) is 9.53 Å². The van der Waals surface area contributed by atoms with Crippen molar-refractivity contribution < 1.29 is 14.3 Å². The second-order valence-electron chi connectivity index (χ2n) is 5.65. The fraction of sp³-hybridized carbons (Fsp3) is 0.600. The summed E-state index contributed by atoms with van der Waals surface area (Å²) in [6.45, 7) is 5.03. The molecule has 1 fully saturated rings. The zero-order valence-electron chi connectivity index (χ0n) is 13.0. The molecule has 0 spiro atoms. The van der Waals surface area contributed by atoms with Crippen molar-refractivity contribution in [3.8, 4) is 0 Å². The minimum atomic E-state index is -0.186. The second-order valence-corrected chi connectivity index (χ2v) is 7.40. The number of piperidine rings is 1. The average molecular weight is 345 g/mol. The topological polar surface area (TPSA) is 58.6 Å². The van der Waals surface area contributed by atoms with Gasteiger partial charge in [0.1, 0.15) is 0 Å². The SMILES string of the molecule is COC(=O)[C@@H]1CCN(C(=O)N[C@H](C)c2ccc(Cl)s2)C[C@@H]1C. The third-order valence-corrected chi connectivity index (χ3v) is 5.47. The second kappa shape index (κ2) is 7.33. The maximum atomic E-state index is 12.4. The fourth-order valence-electron chi connectivity index (χ4n) is 2.74. The van der Waals surface area contributed by atoms with Gasteiger partial charge in [0.2, 0.25) is 0 Å². The summed E-state index contributed by atoms with van der Waals surface area (Å²) in [7, 11) is 1.40. The highest BCUT2D eigenvalue weighted by Crippen LogP contribution is 2.28. The molecule has 22 heavy (non-hydrogen) atoms. The van der Waals surface area contributed by atoms with Gasteiger partial charge < -0.3 is 15.0 Å². The summed E-state index contributed by atoms with van der Waals surface area (Å²) in [6, 6.07) is 3.56. The number of carbonyl (C=O) groups is 2. The van der Waals surface area contributed by atoms with Crippen LogP contribution in [0.3, 0.4) is 0 Å². The van der Waals surface area contributed by atoms with Gasteiger partial charge in [0.15, 0.2) is 0 Å². The number of esters is 1. The van der Waals surface area contributed by atoms with Gasteiger partial charge in [-0.2, -0.15) is 0 Å². The molecule has 0 saturated carbocycles.